The number of carbonyl (C=O) groups is 1. The molecule has 162 valence electrons. The predicted octanol–water partition coefficient (Wildman–Crippen LogP) is 6.12. The molecule has 0 amide bonds. The van der Waals surface area contributed by atoms with Gasteiger partial charge in [0, 0.05) is 31.0 Å². The van der Waals surface area contributed by atoms with E-state index in [2.05, 4.69) is 53.2 Å². The Labute approximate surface area is 185 Å². The van der Waals surface area contributed by atoms with Gasteiger partial charge in [0.25, 0.3) is 0 Å². The van der Waals surface area contributed by atoms with E-state index in [0.29, 0.717) is 6.54 Å². The fraction of sp³-hybridized carbons (Fsp3) is 0.333. The second-order valence-electron chi connectivity index (χ2n) is 8.84. The second kappa shape index (κ2) is 10.4. The van der Waals surface area contributed by atoms with E-state index in [4.69, 9.17) is 4.74 Å². The van der Waals surface area contributed by atoms with Crippen molar-refractivity contribution in [2.75, 3.05) is 0 Å². The third-order valence-electron chi connectivity index (χ3n) is 5.24. The van der Waals surface area contributed by atoms with Gasteiger partial charge in [0.1, 0.15) is 5.60 Å². The van der Waals surface area contributed by atoms with E-state index in [1.54, 1.807) is 6.20 Å². The Bertz CT molecular complexity index is 937. The van der Waals surface area contributed by atoms with Gasteiger partial charge < -0.3 is 4.74 Å². The minimum absolute atomic E-state index is 0.0917. The molecule has 1 aromatic heterocycles. The lowest BCUT2D eigenvalue weighted by atomic mass is 9.97. The quantitative estimate of drug-likeness (QED) is 0.415. The maximum Gasteiger partial charge on any atom is 0.308 e. The van der Waals surface area contributed by atoms with Crippen molar-refractivity contribution in [3.05, 3.63) is 102 Å². The van der Waals surface area contributed by atoms with Crippen LogP contribution in [-0.4, -0.2) is 21.5 Å². The highest BCUT2D eigenvalue weighted by atomic mass is 16.6. The average molecular weight is 417 g/mol. The molecule has 0 aliphatic heterocycles. The maximum atomic E-state index is 12.9. The van der Waals surface area contributed by atoms with Crippen LogP contribution in [0.25, 0.3) is 0 Å². The van der Waals surface area contributed by atoms with Crippen molar-refractivity contribution in [1.82, 2.24) is 9.88 Å². The summed E-state index contributed by atoms with van der Waals surface area (Å²) in [7, 11) is 0. The van der Waals surface area contributed by atoms with E-state index in [1.807, 2.05) is 63.4 Å². The van der Waals surface area contributed by atoms with Crippen molar-refractivity contribution >= 4 is 5.97 Å². The summed E-state index contributed by atoms with van der Waals surface area (Å²) in [6.07, 6.45) is 3.87. The topological polar surface area (TPSA) is 42.4 Å². The Kier molecular flexibility index (Phi) is 7.59. The van der Waals surface area contributed by atoms with E-state index < -0.39 is 5.60 Å². The fourth-order valence-corrected chi connectivity index (χ4v) is 3.78. The summed E-state index contributed by atoms with van der Waals surface area (Å²) in [4.78, 5) is 19.6. The first-order valence-electron chi connectivity index (χ1n) is 10.8. The molecule has 2 aromatic carbocycles. The monoisotopic (exact) mass is 416 g/mol. The lowest BCUT2D eigenvalue weighted by Gasteiger charge is -2.37. The van der Waals surface area contributed by atoms with Crippen LogP contribution in [0, 0.1) is 0 Å². The number of aromatic nitrogens is 1. The van der Waals surface area contributed by atoms with Crippen molar-refractivity contribution < 1.29 is 9.53 Å². The van der Waals surface area contributed by atoms with Crippen molar-refractivity contribution in [2.24, 2.45) is 0 Å². The molecule has 4 nitrogen and oxygen atoms in total. The molecular weight excluding hydrogens is 384 g/mol. The zero-order chi connectivity index (χ0) is 22.3. The zero-order valence-corrected chi connectivity index (χ0v) is 18.9. The van der Waals surface area contributed by atoms with Gasteiger partial charge in [-0.3, -0.25) is 14.7 Å². The van der Waals surface area contributed by atoms with Crippen molar-refractivity contribution in [1.29, 1.82) is 0 Å². The van der Waals surface area contributed by atoms with Crippen LogP contribution in [0.1, 0.15) is 62.9 Å². The number of pyridine rings is 1. The van der Waals surface area contributed by atoms with Crippen LogP contribution >= 0.6 is 0 Å². The number of ether oxygens (including phenoxy) is 1. The number of hydrogen-bond donors (Lipinski definition) is 0. The molecule has 1 heterocycles. The standard InChI is InChI=1S/C27H32N2O2/c1-21(23-14-9-6-10-15-23)29(20-22-12-7-5-8-13-22)25(24-16-11-17-28-19-24)18-26(30)31-27(2,3)4/h5-17,19,21,25H,18,20H2,1-4H3/t21-,25+/m1/s1. The molecule has 0 spiro atoms. The summed E-state index contributed by atoms with van der Waals surface area (Å²) in [5, 5.41) is 0. The van der Waals surface area contributed by atoms with E-state index in [0.717, 1.165) is 5.56 Å². The van der Waals surface area contributed by atoms with Crippen LogP contribution in [0.4, 0.5) is 0 Å². The third-order valence-corrected chi connectivity index (χ3v) is 5.24. The Morgan fingerprint density at radius 1 is 0.935 bits per heavy atom. The molecular formula is C27H32N2O2. The van der Waals surface area contributed by atoms with Crippen LogP contribution in [0.5, 0.6) is 0 Å². The number of benzene rings is 2. The zero-order valence-electron chi connectivity index (χ0n) is 18.9. The van der Waals surface area contributed by atoms with Gasteiger partial charge in [-0.15, -0.1) is 0 Å². The SMILES string of the molecule is C[C@H](c1ccccc1)N(Cc1ccccc1)[C@@H](CC(=O)OC(C)(C)C)c1cccnc1. The molecule has 0 radical (unpaired) electrons. The van der Waals surface area contributed by atoms with Gasteiger partial charge in [0.15, 0.2) is 0 Å². The highest BCUT2D eigenvalue weighted by Gasteiger charge is 2.30. The number of esters is 1. The Hall–Kier alpha value is -2.98. The van der Waals surface area contributed by atoms with Crippen LogP contribution in [-0.2, 0) is 16.1 Å². The molecule has 0 saturated heterocycles. The van der Waals surface area contributed by atoms with Crippen LogP contribution in [0.2, 0.25) is 0 Å². The summed E-state index contributed by atoms with van der Waals surface area (Å²) < 4.78 is 5.69. The molecule has 31 heavy (non-hydrogen) atoms. The number of nitrogens with zero attached hydrogens (tertiary/aromatic N) is 2. The fourth-order valence-electron chi connectivity index (χ4n) is 3.78. The summed E-state index contributed by atoms with van der Waals surface area (Å²) in [5.74, 6) is -0.209. The number of carbonyl (C=O) groups excluding carboxylic acids is 1. The van der Waals surface area contributed by atoms with E-state index in [9.17, 15) is 4.79 Å². The van der Waals surface area contributed by atoms with Gasteiger partial charge in [-0.1, -0.05) is 66.7 Å². The molecule has 3 aromatic rings. The predicted molar refractivity (Wildman–Crippen MR) is 124 cm³/mol. The van der Waals surface area contributed by atoms with Gasteiger partial charge in [0.05, 0.1) is 6.42 Å². The Morgan fingerprint density at radius 2 is 1.55 bits per heavy atom. The average Bonchev–Trinajstić information content (AvgIpc) is 2.76. The lowest BCUT2D eigenvalue weighted by Crippen LogP contribution is -2.34. The molecule has 0 fully saturated rings. The summed E-state index contributed by atoms with van der Waals surface area (Å²) >= 11 is 0. The van der Waals surface area contributed by atoms with Gasteiger partial charge in [-0.05, 0) is 50.5 Å². The van der Waals surface area contributed by atoms with E-state index in [1.165, 1.54) is 11.1 Å². The molecule has 4 heteroatoms. The number of hydrogen-bond acceptors (Lipinski definition) is 4. The van der Waals surface area contributed by atoms with Crippen molar-refractivity contribution in [3.63, 3.8) is 0 Å². The molecule has 0 saturated carbocycles. The van der Waals surface area contributed by atoms with Crippen LogP contribution < -0.4 is 0 Å². The van der Waals surface area contributed by atoms with Gasteiger partial charge >= 0.3 is 5.97 Å². The van der Waals surface area contributed by atoms with Gasteiger partial charge in [0.2, 0.25) is 0 Å². The van der Waals surface area contributed by atoms with E-state index in [-0.39, 0.29) is 24.5 Å². The summed E-state index contributed by atoms with van der Waals surface area (Å²) in [6, 6.07) is 24.7. The molecule has 0 aliphatic carbocycles. The summed E-state index contributed by atoms with van der Waals surface area (Å²) in [6.45, 7) is 8.60. The first kappa shape index (κ1) is 22.7. The molecule has 0 bridgehead atoms. The van der Waals surface area contributed by atoms with Gasteiger partial charge in [-0.25, -0.2) is 0 Å². The molecule has 0 unspecified atom stereocenters. The molecule has 0 N–H and O–H groups in total. The number of rotatable bonds is 8. The van der Waals surface area contributed by atoms with Gasteiger partial charge in [-0.2, -0.15) is 0 Å². The molecule has 0 aliphatic rings. The molecule has 2 atom stereocenters. The third kappa shape index (κ3) is 6.76. The van der Waals surface area contributed by atoms with Crippen LogP contribution in [0.3, 0.4) is 0 Å². The first-order chi connectivity index (χ1) is 14.8. The highest BCUT2D eigenvalue weighted by Crippen LogP contribution is 2.35. The minimum Gasteiger partial charge on any atom is -0.460 e. The smallest absolute Gasteiger partial charge is 0.308 e. The lowest BCUT2D eigenvalue weighted by molar-refractivity contribution is -0.156. The van der Waals surface area contributed by atoms with Crippen LogP contribution in [0.15, 0.2) is 85.2 Å². The van der Waals surface area contributed by atoms with E-state index >= 15 is 0 Å². The normalized spacial score (nSPS) is 13.6. The van der Waals surface area contributed by atoms with Crippen molar-refractivity contribution in [3.8, 4) is 0 Å². The largest absolute Gasteiger partial charge is 0.460 e. The summed E-state index contributed by atoms with van der Waals surface area (Å²) in [5.41, 5.74) is 2.89. The molecule has 3 rings (SSSR count). The maximum absolute atomic E-state index is 12.9. The van der Waals surface area contributed by atoms with Crippen molar-refractivity contribution in [2.45, 2.75) is 58.3 Å². The minimum atomic E-state index is -0.522. The second-order valence-corrected chi connectivity index (χ2v) is 8.84. The first-order valence-corrected chi connectivity index (χ1v) is 10.8. The Balaban J connectivity index is 1.99. The Morgan fingerprint density at radius 3 is 2.13 bits per heavy atom. The highest BCUT2D eigenvalue weighted by molar-refractivity contribution is 5.71.